The third-order valence-electron chi connectivity index (χ3n) is 2.70. The molecule has 0 atom stereocenters. The molecular weight excluding hydrogens is 269 g/mol. The number of rotatable bonds is 3. The fourth-order valence-electron chi connectivity index (χ4n) is 1.62. The molecule has 0 aliphatic carbocycles. The second kappa shape index (κ2) is 4.97. The van der Waals surface area contributed by atoms with Crippen LogP contribution in [0.1, 0.15) is 5.56 Å². The summed E-state index contributed by atoms with van der Waals surface area (Å²) in [7, 11) is -1.99. The van der Waals surface area contributed by atoms with E-state index in [2.05, 4.69) is 0 Å². The molecule has 0 saturated carbocycles. The molecular formula is C13H12FNO3S. The minimum absolute atomic E-state index is 0.0366. The zero-order chi connectivity index (χ0) is 14.0. The summed E-state index contributed by atoms with van der Waals surface area (Å²) in [5.74, 6) is -0.776. The predicted octanol–water partition coefficient (Wildman–Crippen LogP) is 1.50. The van der Waals surface area contributed by atoms with Gasteiger partial charge in [-0.2, -0.15) is 0 Å². The van der Waals surface area contributed by atoms with Crippen molar-refractivity contribution >= 4 is 9.84 Å². The molecule has 2 rings (SSSR count). The van der Waals surface area contributed by atoms with E-state index in [1.54, 1.807) is 13.1 Å². The zero-order valence-corrected chi connectivity index (χ0v) is 11.0. The summed E-state index contributed by atoms with van der Waals surface area (Å²) in [6.45, 7) is 0. The fourth-order valence-corrected chi connectivity index (χ4v) is 2.96. The number of aryl methyl sites for hydroxylation is 1. The van der Waals surface area contributed by atoms with Gasteiger partial charge < -0.3 is 4.57 Å². The lowest BCUT2D eigenvalue weighted by Crippen LogP contribution is -2.16. The number of sulfone groups is 1. The van der Waals surface area contributed by atoms with E-state index in [0.717, 1.165) is 12.1 Å². The molecule has 0 amide bonds. The second-order valence-corrected chi connectivity index (χ2v) is 6.19. The first-order chi connectivity index (χ1) is 8.88. The summed E-state index contributed by atoms with van der Waals surface area (Å²) in [4.78, 5) is 11.5. The number of nitrogens with zero attached hydrogens (tertiary/aromatic N) is 1. The molecule has 0 N–H and O–H groups in total. The van der Waals surface area contributed by atoms with Crippen molar-refractivity contribution in [3.63, 3.8) is 0 Å². The monoisotopic (exact) mass is 281 g/mol. The van der Waals surface area contributed by atoms with E-state index in [4.69, 9.17) is 0 Å². The number of benzene rings is 1. The molecule has 1 heterocycles. The Kier molecular flexibility index (Phi) is 3.53. The van der Waals surface area contributed by atoms with Gasteiger partial charge in [0.2, 0.25) is 0 Å². The molecule has 0 aliphatic rings. The lowest BCUT2D eigenvalue weighted by molar-refractivity contribution is 0.594. The van der Waals surface area contributed by atoms with Gasteiger partial charge in [-0.25, -0.2) is 12.8 Å². The minimum Gasteiger partial charge on any atom is -0.319 e. The average Bonchev–Trinajstić information content (AvgIpc) is 2.34. The van der Waals surface area contributed by atoms with Crippen LogP contribution in [0.25, 0.3) is 0 Å². The average molecular weight is 281 g/mol. The minimum atomic E-state index is -3.57. The van der Waals surface area contributed by atoms with Gasteiger partial charge in [-0.05, 0) is 35.9 Å². The van der Waals surface area contributed by atoms with Gasteiger partial charge in [0.15, 0.2) is 9.84 Å². The summed E-state index contributed by atoms with van der Waals surface area (Å²) in [6.07, 6.45) is 1.51. The van der Waals surface area contributed by atoms with Gasteiger partial charge in [-0.1, -0.05) is 0 Å². The van der Waals surface area contributed by atoms with Crippen LogP contribution in [0.15, 0.2) is 52.3 Å². The van der Waals surface area contributed by atoms with Gasteiger partial charge in [0.1, 0.15) is 5.82 Å². The third kappa shape index (κ3) is 3.08. The van der Waals surface area contributed by atoms with Crippen molar-refractivity contribution in [1.29, 1.82) is 0 Å². The Morgan fingerprint density at radius 3 is 2.37 bits per heavy atom. The van der Waals surface area contributed by atoms with Crippen LogP contribution in [0.4, 0.5) is 4.39 Å². The van der Waals surface area contributed by atoms with Gasteiger partial charge in [0.25, 0.3) is 5.56 Å². The molecule has 2 aromatic rings. The van der Waals surface area contributed by atoms with Crippen molar-refractivity contribution in [3.05, 3.63) is 64.3 Å². The van der Waals surface area contributed by atoms with Gasteiger partial charge in [-0.15, -0.1) is 0 Å². The molecule has 0 saturated heterocycles. The van der Waals surface area contributed by atoms with E-state index < -0.39 is 15.7 Å². The highest BCUT2D eigenvalue weighted by Gasteiger charge is 2.15. The molecule has 100 valence electrons. The van der Waals surface area contributed by atoms with Crippen LogP contribution in [0.5, 0.6) is 0 Å². The summed E-state index contributed by atoms with van der Waals surface area (Å²) >= 11 is 0. The second-order valence-electron chi connectivity index (χ2n) is 4.20. The van der Waals surface area contributed by atoms with E-state index in [0.29, 0.717) is 5.56 Å². The van der Waals surface area contributed by atoms with Crippen molar-refractivity contribution in [2.24, 2.45) is 7.05 Å². The Bertz CT molecular complexity index is 748. The SMILES string of the molecule is Cn1ccc(CS(=O)(=O)c2ccc(F)cc2)cc1=O. The molecule has 0 radical (unpaired) electrons. The Hall–Kier alpha value is -1.95. The molecule has 19 heavy (non-hydrogen) atoms. The van der Waals surface area contributed by atoms with E-state index >= 15 is 0 Å². The van der Waals surface area contributed by atoms with Gasteiger partial charge in [-0.3, -0.25) is 4.79 Å². The Labute approximate surface area is 110 Å². The lowest BCUT2D eigenvalue weighted by atomic mass is 10.3. The van der Waals surface area contributed by atoms with Crippen LogP contribution < -0.4 is 5.56 Å². The highest BCUT2D eigenvalue weighted by atomic mass is 32.2. The van der Waals surface area contributed by atoms with Crippen molar-refractivity contribution in [2.45, 2.75) is 10.6 Å². The van der Waals surface area contributed by atoms with Crippen LogP contribution in [-0.2, 0) is 22.6 Å². The van der Waals surface area contributed by atoms with Crippen molar-refractivity contribution in [2.75, 3.05) is 0 Å². The zero-order valence-electron chi connectivity index (χ0n) is 10.2. The Balaban J connectivity index is 2.33. The fraction of sp³-hybridized carbons (Fsp3) is 0.154. The van der Waals surface area contributed by atoms with Crippen molar-refractivity contribution in [3.8, 4) is 0 Å². The van der Waals surface area contributed by atoms with Crippen LogP contribution in [0.3, 0.4) is 0 Å². The highest BCUT2D eigenvalue weighted by molar-refractivity contribution is 7.90. The van der Waals surface area contributed by atoms with Gasteiger partial charge in [0.05, 0.1) is 10.6 Å². The summed E-state index contributed by atoms with van der Waals surface area (Å²) in [5.41, 5.74) is 0.138. The Morgan fingerprint density at radius 1 is 1.16 bits per heavy atom. The van der Waals surface area contributed by atoms with Crippen molar-refractivity contribution in [1.82, 2.24) is 4.57 Å². The predicted molar refractivity (Wildman–Crippen MR) is 69.0 cm³/mol. The van der Waals surface area contributed by atoms with E-state index in [1.807, 2.05) is 0 Å². The van der Waals surface area contributed by atoms with Crippen LogP contribution in [0.2, 0.25) is 0 Å². The summed E-state index contributed by atoms with van der Waals surface area (Å²) in [5, 5.41) is 0. The lowest BCUT2D eigenvalue weighted by Gasteiger charge is -2.05. The standard InChI is InChI=1S/C13H12FNO3S/c1-15-7-6-10(8-13(15)16)9-19(17,18)12-4-2-11(14)3-5-12/h2-8H,9H2,1H3. The molecule has 6 heteroatoms. The van der Waals surface area contributed by atoms with Crippen LogP contribution >= 0.6 is 0 Å². The van der Waals surface area contributed by atoms with Crippen LogP contribution in [0, 0.1) is 5.82 Å². The maximum Gasteiger partial charge on any atom is 0.250 e. The van der Waals surface area contributed by atoms with E-state index in [-0.39, 0.29) is 16.2 Å². The first-order valence-electron chi connectivity index (χ1n) is 5.52. The van der Waals surface area contributed by atoms with E-state index in [9.17, 15) is 17.6 Å². The molecule has 0 fully saturated rings. The van der Waals surface area contributed by atoms with Crippen LogP contribution in [-0.4, -0.2) is 13.0 Å². The number of pyridine rings is 1. The first kappa shape index (κ1) is 13.5. The summed E-state index contributed by atoms with van der Waals surface area (Å²) in [6, 6.07) is 7.47. The maximum absolute atomic E-state index is 12.8. The number of hydrogen-bond acceptors (Lipinski definition) is 3. The third-order valence-corrected chi connectivity index (χ3v) is 4.40. The molecule has 1 aromatic heterocycles. The topological polar surface area (TPSA) is 56.1 Å². The maximum atomic E-state index is 12.8. The molecule has 0 aliphatic heterocycles. The number of halogens is 1. The van der Waals surface area contributed by atoms with Gasteiger partial charge >= 0.3 is 0 Å². The first-order valence-corrected chi connectivity index (χ1v) is 7.17. The summed E-state index contributed by atoms with van der Waals surface area (Å²) < 4.78 is 38.3. The molecule has 0 bridgehead atoms. The normalized spacial score (nSPS) is 11.5. The number of aromatic nitrogens is 1. The largest absolute Gasteiger partial charge is 0.319 e. The Morgan fingerprint density at radius 2 is 1.79 bits per heavy atom. The van der Waals surface area contributed by atoms with Gasteiger partial charge in [0, 0.05) is 19.3 Å². The number of hydrogen-bond donors (Lipinski definition) is 0. The molecule has 0 spiro atoms. The highest BCUT2D eigenvalue weighted by Crippen LogP contribution is 2.16. The van der Waals surface area contributed by atoms with Crippen molar-refractivity contribution < 1.29 is 12.8 Å². The smallest absolute Gasteiger partial charge is 0.250 e. The quantitative estimate of drug-likeness (QED) is 0.801. The molecule has 0 unspecified atom stereocenters. The van der Waals surface area contributed by atoms with E-state index in [1.165, 1.54) is 29.0 Å². The molecule has 1 aromatic carbocycles. The molecule has 4 nitrogen and oxygen atoms in total.